The van der Waals surface area contributed by atoms with E-state index in [4.69, 9.17) is 0 Å². The van der Waals surface area contributed by atoms with Crippen LogP contribution in [0.4, 0.5) is 0 Å². The van der Waals surface area contributed by atoms with Crippen molar-refractivity contribution in [1.82, 2.24) is 24.9 Å². The van der Waals surface area contributed by atoms with Gasteiger partial charge in [0.1, 0.15) is 5.82 Å². The first-order valence-electron chi connectivity index (χ1n) is 5.44. The summed E-state index contributed by atoms with van der Waals surface area (Å²) >= 11 is 0. The summed E-state index contributed by atoms with van der Waals surface area (Å²) in [6, 6.07) is 1.78. The molecule has 84 valence electrons. The lowest BCUT2D eigenvalue weighted by Crippen LogP contribution is -2.21. The van der Waals surface area contributed by atoms with E-state index in [1.54, 1.807) is 6.07 Å². The van der Waals surface area contributed by atoms with Gasteiger partial charge in [-0.15, -0.1) is 0 Å². The van der Waals surface area contributed by atoms with E-state index < -0.39 is 0 Å². The van der Waals surface area contributed by atoms with Crippen molar-refractivity contribution in [3.63, 3.8) is 0 Å². The molecule has 6 heteroatoms. The predicted octanol–water partition coefficient (Wildman–Crippen LogP) is 0.151. The molecule has 1 saturated heterocycles. The summed E-state index contributed by atoms with van der Waals surface area (Å²) in [7, 11) is 0. The average molecular weight is 219 g/mol. The third kappa shape index (κ3) is 1.42. The molecular weight excluding hydrogens is 206 g/mol. The second kappa shape index (κ2) is 3.41. The van der Waals surface area contributed by atoms with E-state index in [1.165, 1.54) is 4.52 Å². The Morgan fingerprint density at radius 1 is 1.50 bits per heavy atom. The quantitative estimate of drug-likeness (QED) is 0.716. The molecule has 1 fully saturated rings. The Balaban J connectivity index is 2.16. The van der Waals surface area contributed by atoms with Gasteiger partial charge < -0.3 is 5.32 Å². The summed E-state index contributed by atoms with van der Waals surface area (Å²) in [5.74, 6) is 1.15. The molecule has 2 aromatic heterocycles. The largest absolute Gasteiger partial charge is 0.309 e. The van der Waals surface area contributed by atoms with E-state index in [2.05, 4.69) is 20.4 Å². The molecule has 0 aromatic carbocycles. The molecule has 2 N–H and O–H groups in total. The molecule has 1 atom stereocenters. The maximum atomic E-state index is 11.8. The Hall–Kier alpha value is -1.69. The van der Waals surface area contributed by atoms with Crippen LogP contribution in [0.3, 0.4) is 0 Å². The molecule has 1 unspecified atom stereocenters. The van der Waals surface area contributed by atoms with Gasteiger partial charge in [0.25, 0.3) is 11.3 Å². The topological polar surface area (TPSA) is 75.1 Å². The predicted molar refractivity (Wildman–Crippen MR) is 58.3 cm³/mol. The van der Waals surface area contributed by atoms with Crippen LogP contribution >= 0.6 is 0 Å². The smallest absolute Gasteiger partial charge is 0.274 e. The normalized spacial score (nSPS) is 20.7. The zero-order valence-corrected chi connectivity index (χ0v) is 9.03. The lowest BCUT2D eigenvalue weighted by molar-refractivity contribution is 0.624. The van der Waals surface area contributed by atoms with Crippen LogP contribution in [0.1, 0.15) is 30.4 Å². The molecule has 0 spiro atoms. The SMILES string of the molecule is Cc1nc2nc(C3CCCN3)cc(=O)n2[nH]1. The van der Waals surface area contributed by atoms with Crippen molar-refractivity contribution < 1.29 is 0 Å². The number of fused-ring (bicyclic) bond motifs is 1. The van der Waals surface area contributed by atoms with Gasteiger partial charge in [-0.2, -0.15) is 9.50 Å². The van der Waals surface area contributed by atoms with Crippen LogP contribution in [0.25, 0.3) is 5.78 Å². The van der Waals surface area contributed by atoms with E-state index in [0.717, 1.165) is 25.1 Å². The highest BCUT2D eigenvalue weighted by Gasteiger charge is 2.19. The lowest BCUT2D eigenvalue weighted by atomic mass is 10.1. The van der Waals surface area contributed by atoms with Gasteiger partial charge in [-0.1, -0.05) is 0 Å². The first-order chi connectivity index (χ1) is 7.74. The van der Waals surface area contributed by atoms with Crippen LogP contribution in [-0.4, -0.2) is 26.1 Å². The summed E-state index contributed by atoms with van der Waals surface area (Å²) in [6.07, 6.45) is 2.16. The van der Waals surface area contributed by atoms with E-state index in [0.29, 0.717) is 11.6 Å². The molecule has 0 saturated carbocycles. The van der Waals surface area contributed by atoms with E-state index in [9.17, 15) is 4.79 Å². The Morgan fingerprint density at radius 2 is 2.38 bits per heavy atom. The Bertz CT molecular complexity index is 578. The van der Waals surface area contributed by atoms with Crippen molar-refractivity contribution in [3.05, 3.63) is 27.9 Å². The molecule has 0 amide bonds. The van der Waals surface area contributed by atoms with Crippen LogP contribution in [0, 0.1) is 6.92 Å². The maximum Gasteiger partial charge on any atom is 0.274 e. The fraction of sp³-hybridized carbons (Fsp3) is 0.500. The zero-order chi connectivity index (χ0) is 11.1. The highest BCUT2D eigenvalue weighted by Crippen LogP contribution is 2.20. The number of hydrogen-bond acceptors (Lipinski definition) is 4. The second-order valence-corrected chi connectivity index (χ2v) is 4.11. The van der Waals surface area contributed by atoms with Crippen LogP contribution < -0.4 is 10.9 Å². The minimum absolute atomic E-state index is 0.102. The van der Waals surface area contributed by atoms with Gasteiger partial charge in [0, 0.05) is 12.1 Å². The number of nitrogens with zero attached hydrogens (tertiary/aromatic N) is 3. The van der Waals surface area contributed by atoms with Gasteiger partial charge in [0.2, 0.25) is 0 Å². The molecule has 3 heterocycles. The van der Waals surface area contributed by atoms with Crippen molar-refractivity contribution in [2.45, 2.75) is 25.8 Å². The highest BCUT2D eigenvalue weighted by atomic mass is 16.1. The van der Waals surface area contributed by atoms with E-state index in [1.807, 2.05) is 6.92 Å². The fourth-order valence-corrected chi connectivity index (χ4v) is 2.12. The summed E-state index contributed by atoms with van der Waals surface area (Å²) in [5.41, 5.74) is 0.698. The second-order valence-electron chi connectivity index (χ2n) is 4.11. The van der Waals surface area contributed by atoms with Gasteiger partial charge in [0.15, 0.2) is 0 Å². The molecule has 0 bridgehead atoms. The van der Waals surface area contributed by atoms with Gasteiger partial charge in [0.05, 0.1) is 5.69 Å². The van der Waals surface area contributed by atoms with Crippen molar-refractivity contribution in [3.8, 4) is 0 Å². The van der Waals surface area contributed by atoms with Gasteiger partial charge in [-0.3, -0.25) is 9.89 Å². The Morgan fingerprint density at radius 3 is 3.12 bits per heavy atom. The maximum absolute atomic E-state index is 11.8. The van der Waals surface area contributed by atoms with Crippen LogP contribution in [-0.2, 0) is 0 Å². The molecule has 16 heavy (non-hydrogen) atoms. The third-order valence-electron chi connectivity index (χ3n) is 2.88. The summed E-state index contributed by atoms with van der Waals surface area (Å²) in [4.78, 5) is 20.4. The monoisotopic (exact) mass is 219 g/mol. The molecule has 2 aromatic rings. The van der Waals surface area contributed by atoms with Gasteiger partial charge in [-0.25, -0.2) is 4.98 Å². The highest BCUT2D eigenvalue weighted by molar-refractivity contribution is 5.29. The van der Waals surface area contributed by atoms with Crippen molar-refractivity contribution in [1.29, 1.82) is 0 Å². The molecule has 6 nitrogen and oxygen atoms in total. The van der Waals surface area contributed by atoms with Crippen molar-refractivity contribution in [2.75, 3.05) is 6.54 Å². The molecule has 0 aliphatic carbocycles. The number of H-pyrrole nitrogens is 1. The van der Waals surface area contributed by atoms with Crippen LogP contribution in [0.2, 0.25) is 0 Å². The molecular formula is C10H13N5O. The first kappa shape index (κ1) is 9.53. The molecule has 3 rings (SSSR count). The third-order valence-corrected chi connectivity index (χ3v) is 2.88. The number of hydrogen-bond donors (Lipinski definition) is 2. The number of aryl methyl sites for hydroxylation is 1. The summed E-state index contributed by atoms with van der Waals surface area (Å²) in [5, 5.41) is 6.18. The zero-order valence-electron chi connectivity index (χ0n) is 9.03. The van der Waals surface area contributed by atoms with E-state index >= 15 is 0 Å². The molecule has 1 aliphatic rings. The first-order valence-corrected chi connectivity index (χ1v) is 5.44. The Kier molecular flexibility index (Phi) is 2.03. The number of aromatic nitrogens is 4. The minimum Gasteiger partial charge on any atom is -0.309 e. The van der Waals surface area contributed by atoms with E-state index in [-0.39, 0.29) is 11.6 Å². The van der Waals surface area contributed by atoms with Crippen molar-refractivity contribution >= 4 is 5.78 Å². The standard InChI is InChI=1S/C10H13N5O/c1-6-12-10-13-8(7-3-2-4-11-7)5-9(16)15(10)14-6/h5,7,11H,2-4H2,1H3,(H,12,13,14). The van der Waals surface area contributed by atoms with Gasteiger partial charge in [-0.05, 0) is 26.3 Å². The summed E-state index contributed by atoms with van der Waals surface area (Å²) < 4.78 is 1.37. The number of nitrogens with one attached hydrogen (secondary N) is 2. The molecule has 1 aliphatic heterocycles. The molecule has 0 radical (unpaired) electrons. The number of aromatic amines is 1. The Labute approximate surface area is 91.7 Å². The average Bonchev–Trinajstić information content (AvgIpc) is 2.84. The minimum atomic E-state index is -0.102. The lowest BCUT2D eigenvalue weighted by Gasteiger charge is -2.07. The fourth-order valence-electron chi connectivity index (χ4n) is 2.12. The number of rotatable bonds is 1. The summed E-state index contributed by atoms with van der Waals surface area (Å²) in [6.45, 7) is 2.80. The van der Waals surface area contributed by atoms with Crippen LogP contribution in [0.15, 0.2) is 10.9 Å². The van der Waals surface area contributed by atoms with Gasteiger partial charge >= 0.3 is 0 Å². The van der Waals surface area contributed by atoms with Crippen LogP contribution in [0.5, 0.6) is 0 Å². The van der Waals surface area contributed by atoms with Crippen molar-refractivity contribution in [2.24, 2.45) is 0 Å².